The molecule has 0 aromatic heterocycles. The van der Waals surface area contributed by atoms with Gasteiger partial charge in [0.1, 0.15) is 0 Å². The zero-order chi connectivity index (χ0) is 14.9. The minimum absolute atomic E-state index is 1.00. The van der Waals surface area contributed by atoms with Crippen LogP contribution in [-0.2, 0) is 0 Å². The highest BCUT2D eigenvalue weighted by Crippen LogP contribution is 2.45. The largest absolute Gasteiger partial charge is 0.331 e. The number of benzene rings is 2. The third-order valence-electron chi connectivity index (χ3n) is 3.72. The summed E-state index contributed by atoms with van der Waals surface area (Å²) in [6.07, 6.45) is 3.52. The molecular formula is C19H22NS+. The monoisotopic (exact) mass is 296 g/mol. The second-order valence-electron chi connectivity index (χ2n) is 6.51. The zero-order valence-corrected chi connectivity index (χ0v) is 13.8. The van der Waals surface area contributed by atoms with E-state index in [1.165, 1.54) is 26.5 Å². The lowest BCUT2D eigenvalue weighted by molar-refractivity contribution is -0.869. The summed E-state index contributed by atoms with van der Waals surface area (Å²) in [5.74, 6) is 0. The molecule has 3 rings (SSSR count). The number of rotatable bonds is 3. The summed E-state index contributed by atoms with van der Waals surface area (Å²) in [5, 5.41) is 0. The molecule has 1 aliphatic heterocycles. The molecule has 0 N–H and O–H groups in total. The third-order valence-corrected chi connectivity index (χ3v) is 4.87. The van der Waals surface area contributed by atoms with Crippen LogP contribution in [0.4, 0.5) is 0 Å². The first-order valence-corrected chi connectivity index (χ1v) is 8.23. The molecule has 0 atom stereocenters. The van der Waals surface area contributed by atoms with E-state index in [0.717, 1.165) is 17.4 Å². The number of nitrogens with zero attached hydrogens (tertiary/aromatic N) is 1. The lowest BCUT2D eigenvalue weighted by Gasteiger charge is -2.24. The number of hydrogen-bond donors (Lipinski definition) is 0. The summed E-state index contributed by atoms with van der Waals surface area (Å²) >= 11 is 1.88. The van der Waals surface area contributed by atoms with Crippen molar-refractivity contribution in [3.05, 3.63) is 65.7 Å². The first-order valence-electron chi connectivity index (χ1n) is 7.42. The molecular weight excluding hydrogens is 274 g/mol. The van der Waals surface area contributed by atoms with Gasteiger partial charge in [-0.2, -0.15) is 0 Å². The molecule has 0 amide bonds. The van der Waals surface area contributed by atoms with Gasteiger partial charge in [-0.15, -0.1) is 0 Å². The molecule has 0 saturated carbocycles. The van der Waals surface area contributed by atoms with Crippen molar-refractivity contribution in [2.45, 2.75) is 16.2 Å². The maximum atomic E-state index is 2.42. The van der Waals surface area contributed by atoms with Gasteiger partial charge in [-0.25, -0.2) is 0 Å². The summed E-state index contributed by atoms with van der Waals surface area (Å²) in [6.45, 7) is 1.15. The Kier molecular flexibility index (Phi) is 3.92. The van der Waals surface area contributed by atoms with Crippen molar-refractivity contribution < 1.29 is 4.48 Å². The van der Waals surface area contributed by atoms with E-state index in [-0.39, 0.29) is 0 Å². The highest BCUT2D eigenvalue weighted by molar-refractivity contribution is 7.99. The van der Waals surface area contributed by atoms with Crippen LogP contribution in [0, 0.1) is 0 Å². The lowest BCUT2D eigenvalue weighted by atomic mass is 9.96. The van der Waals surface area contributed by atoms with Crippen LogP contribution in [0.3, 0.4) is 0 Å². The summed E-state index contributed by atoms with van der Waals surface area (Å²) in [5.41, 5.74) is 4.15. The molecule has 2 aromatic rings. The average Bonchev–Trinajstić information content (AvgIpc) is 2.45. The molecule has 0 fully saturated rings. The lowest BCUT2D eigenvalue weighted by Crippen LogP contribution is -2.34. The summed E-state index contributed by atoms with van der Waals surface area (Å²) in [4.78, 5) is 2.74. The van der Waals surface area contributed by atoms with Crippen LogP contribution in [0.5, 0.6) is 0 Å². The maximum Gasteiger partial charge on any atom is 0.0815 e. The molecule has 1 nitrogen and oxygen atoms in total. The summed E-state index contributed by atoms with van der Waals surface area (Å²) < 4.78 is 1.00. The second kappa shape index (κ2) is 5.70. The van der Waals surface area contributed by atoms with E-state index in [2.05, 4.69) is 75.7 Å². The molecule has 0 aliphatic carbocycles. The Hall–Kier alpha value is -1.51. The molecule has 0 unspecified atom stereocenters. The van der Waals surface area contributed by atoms with Gasteiger partial charge in [0, 0.05) is 16.2 Å². The van der Waals surface area contributed by atoms with E-state index < -0.39 is 0 Å². The summed E-state index contributed by atoms with van der Waals surface area (Å²) in [6, 6.07) is 17.5. The van der Waals surface area contributed by atoms with Crippen LogP contribution in [0.15, 0.2) is 64.4 Å². The average molecular weight is 296 g/mol. The topological polar surface area (TPSA) is 0 Å². The molecule has 1 aliphatic rings. The maximum absolute atomic E-state index is 2.42. The number of hydrogen-bond acceptors (Lipinski definition) is 1. The highest BCUT2D eigenvalue weighted by atomic mass is 32.2. The standard InChI is InChI=1S/C19H22NS/c1-20(2,3)14-8-11-15-16-9-4-6-12-18(16)21-19-13-7-5-10-17(15)19/h4-7,9-13H,8,14H2,1-3H3/q+1. The van der Waals surface area contributed by atoms with Crippen molar-refractivity contribution in [2.75, 3.05) is 27.7 Å². The van der Waals surface area contributed by atoms with Gasteiger partial charge in [0.05, 0.1) is 27.7 Å². The Labute approximate surface area is 131 Å². The van der Waals surface area contributed by atoms with Crippen LogP contribution in [0.1, 0.15) is 17.5 Å². The van der Waals surface area contributed by atoms with Gasteiger partial charge in [-0.05, 0) is 28.8 Å². The predicted octanol–water partition coefficient (Wildman–Crippen LogP) is 4.68. The van der Waals surface area contributed by atoms with Crippen molar-refractivity contribution in [1.29, 1.82) is 0 Å². The van der Waals surface area contributed by atoms with Crippen LogP contribution < -0.4 is 0 Å². The third kappa shape index (κ3) is 3.22. The van der Waals surface area contributed by atoms with E-state index in [1.54, 1.807) is 0 Å². The molecule has 21 heavy (non-hydrogen) atoms. The molecule has 0 bridgehead atoms. The SMILES string of the molecule is C[N+](C)(C)CCC=C1c2ccccc2Sc2ccccc21. The van der Waals surface area contributed by atoms with Crippen LogP contribution in [0.25, 0.3) is 5.57 Å². The first kappa shape index (κ1) is 14.4. The first-order chi connectivity index (χ1) is 10.0. The fourth-order valence-electron chi connectivity index (χ4n) is 2.64. The smallest absolute Gasteiger partial charge is 0.0815 e. The van der Waals surface area contributed by atoms with Gasteiger partial charge in [-0.3, -0.25) is 0 Å². The van der Waals surface area contributed by atoms with Gasteiger partial charge < -0.3 is 4.48 Å². The van der Waals surface area contributed by atoms with Gasteiger partial charge >= 0.3 is 0 Å². The Morgan fingerprint density at radius 3 is 1.90 bits per heavy atom. The van der Waals surface area contributed by atoms with E-state index >= 15 is 0 Å². The molecule has 2 aromatic carbocycles. The van der Waals surface area contributed by atoms with Gasteiger partial charge in [0.2, 0.25) is 0 Å². The zero-order valence-electron chi connectivity index (χ0n) is 13.0. The molecule has 2 heteroatoms. The van der Waals surface area contributed by atoms with Crippen LogP contribution >= 0.6 is 11.8 Å². The number of fused-ring (bicyclic) bond motifs is 2. The van der Waals surface area contributed by atoms with Crippen molar-refractivity contribution in [3.63, 3.8) is 0 Å². The van der Waals surface area contributed by atoms with E-state index in [9.17, 15) is 0 Å². The normalized spacial score (nSPS) is 13.6. The van der Waals surface area contributed by atoms with E-state index in [1.807, 2.05) is 11.8 Å². The summed E-state index contributed by atoms with van der Waals surface area (Å²) in [7, 11) is 6.74. The molecule has 108 valence electrons. The van der Waals surface area contributed by atoms with E-state index in [4.69, 9.17) is 0 Å². The molecule has 0 saturated heterocycles. The van der Waals surface area contributed by atoms with Crippen LogP contribution in [0.2, 0.25) is 0 Å². The van der Waals surface area contributed by atoms with Crippen LogP contribution in [-0.4, -0.2) is 32.2 Å². The minimum atomic E-state index is 1.00. The van der Waals surface area contributed by atoms with Gasteiger partial charge in [0.15, 0.2) is 0 Å². The Balaban J connectivity index is 2.00. The van der Waals surface area contributed by atoms with Crippen molar-refractivity contribution >= 4 is 17.3 Å². The molecule has 1 heterocycles. The van der Waals surface area contributed by atoms with Crippen molar-refractivity contribution in [3.8, 4) is 0 Å². The molecule has 0 radical (unpaired) electrons. The Morgan fingerprint density at radius 2 is 1.38 bits per heavy atom. The fourth-order valence-corrected chi connectivity index (χ4v) is 3.74. The second-order valence-corrected chi connectivity index (χ2v) is 7.60. The van der Waals surface area contributed by atoms with Gasteiger partial charge in [0.25, 0.3) is 0 Å². The number of quaternary nitrogens is 1. The fraction of sp³-hybridized carbons (Fsp3) is 0.263. The quantitative estimate of drug-likeness (QED) is 0.632. The molecule has 0 spiro atoms. The Morgan fingerprint density at radius 1 is 0.857 bits per heavy atom. The van der Waals surface area contributed by atoms with Crippen molar-refractivity contribution in [1.82, 2.24) is 0 Å². The van der Waals surface area contributed by atoms with E-state index in [0.29, 0.717) is 0 Å². The Bertz CT molecular complexity index is 632. The van der Waals surface area contributed by atoms with Gasteiger partial charge in [-0.1, -0.05) is 54.2 Å². The highest BCUT2D eigenvalue weighted by Gasteiger charge is 2.20. The minimum Gasteiger partial charge on any atom is -0.331 e. The van der Waals surface area contributed by atoms with Crippen molar-refractivity contribution in [2.24, 2.45) is 0 Å². The predicted molar refractivity (Wildman–Crippen MR) is 91.6 cm³/mol.